The summed E-state index contributed by atoms with van der Waals surface area (Å²) in [7, 11) is 0. The molecule has 0 unspecified atom stereocenters. The van der Waals surface area contributed by atoms with Crippen LogP contribution in [0.2, 0.25) is 0 Å². The van der Waals surface area contributed by atoms with Crippen molar-refractivity contribution in [2.75, 3.05) is 0 Å². The second-order valence-corrected chi connectivity index (χ2v) is 10.8. The lowest BCUT2D eigenvalue weighted by Crippen LogP contribution is -2.27. The number of fused-ring (bicyclic) bond motifs is 1. The topological polar surface area (TPSA) is 63.7 Å². The summed E-state index contributed by atoms with van der Waals surface area (Å²) in [4.78, 5) is 40.3. The van der Waals surface area contributed by atoms with E-state index in [9.17, 15) is 14.4 Å². The zero-order valence-electron chi connectivity index (χ0n) is 18.6. The number of nitrogens with zero attached hydrogens (tertiary/aromatic N) is 1. The lowest BCUT2D eigenvalue weighted by atomic mass is 10.0. The van der Waals surface area contributed by atoms with Gasteiger partial charge in [0.2, 0.25) is 0 Å². The Balaban J connectivity index is 1.42. The molecule has 178 valence electrons. The average molecular weight is 623 g/mol. The Kier molecular flexibility index (Phi) is 7.09. The minimum atomic E-state index is -0.507. The third-order valence-electron chi connectivity index (χ3n) is 5.60. The first kappa shape index (κ1) is 24.5. The first-order valence-corrected chi connectivity index (χ1v) is 13.3. The molecule has 1 fully saturated rings. The van der Waals surface area contributed by atoms with E-state index in [1.165, 1.54) is 4.90 Å². The van der Waals surface area contributed by atoms with Crippen LogP contribution >= 0.6 is 43.6 Å². The molecule has 0 atom stereocenters. The van der Waals surface area contributed by atoms with Crippen LogP contribution in [0.1, 0.15) is 21.5 Å². The maximum absolute atomic E-state index is 13.1. The van der Waals surface area contributed by atoms with Crippen LogP contribution in [0.3, 0.4) is 0 Å². The quantitative estimate of drug-likeness (QED) is 0.129. The van der Waals surface area contributed by atoms with Gasteiger partial charge >= 0.3 is 5.97 Å². The molecule has 0 aliphatic carbocycles. The summed E-state index contributed by atoms with van der Waals surface area (Å²) in [5.41, 5.74) is 1.79. The number of imide groups is 1. The second-order valence-electron chi connectivity index (χ2n) is 7.99. The molecule has 0 bridgehead atoms. The fourth-order valence-corrected chi connectivity index (χ4v) is 5.31. The van der Waals surface area contributed by atoms with Crippen LogP contribution in [0.4, 0.5) is 4.79 Å². The largest absolute Gasteiger partial charge is 0.422 e. The molecule has 0 radical (unpaired) electrons. The third kappa shape index (κ3) is 5.16. The van der Waals surface area contributed by atoms with E-state index in [1.807, 2.05) is 60.7 Å². The molecule has 0 spiro atoms. The molecular weight excluding hydrogens is 606 g/mol. The Morgan fingerprint density at radius 1 is 0.889 bits per heavy atom. The molecule has 5 nitrogen and oxygen atoms in total. The summed E-state index contributed by atoms with van der Waals surface area (Å²) >= 11 is 7.68. The van der Waals surface area contributed by atoms with Crippen molar-refractivity contribution in [3.05, 3.63) is 115 Å². The van der Waals surface area contributed by atoms with Crippen molar-refractivity contribution in [2.24, 2.45) is 0 Å². The van der Waals surface area contributed by atoms with Gasteiger partial charge in [-0.2, -0.15) is 0 Å². The number of ether oxygens (including phenoxy) is 1. The molecular formula is C28H17Br2NO4S. The van der Waals surface area contributed by atoms with Crippen molar-refractivity contribution in [1.82, 2.24) is 4.90 Å². The SMILES string of the molecule is O=C(Oc1ccc(Br)cc1/C=C1\SC(=O)N(Cc2ccc(Br)cc2)C1=O)c1cccc2ccccc12. The summed E-state index contributed by atoms with van der Waals surface area (Å²) in [6.45, 7) is 0.177. The number of thioether (sulfide) groups is 1. The van der Waals surface area contributed by atoms with Gasteiger partial charge in [0, 0.05) is 14.5 Å². The number of benzene rings is 4. The van der Waals surface area contributed by atoms with Gasteiger partial charge in [-0.1, -0.05) is 80.4 Å². The lowest BCUT2D eigenvalue weighted by molar-refractivity contribution is -0.123. The number of carbonyl (C=O) groups excluding carboxylic acids is 3. The highest BCUT2D eigenvalue weighted by Gasteiger charge is 2.35. The van der Waals surface area contributed by atoms with Gasteiger partial charge in [-0.25, -0.2) is 4.79 Å². The van der Waals surface area contributed by atoms with Crippen LogP contribution in [0.25, 0.3) is 16.8 Å². The lowest BCUT2D eigenvalue weighted by Gasteiger charge is -2.12. The summed E-state index contributed by atoms with van der Waals surface area (Å²) in [6.07, 6.45) is 1.59. The van der Waals surface area contributed by atoms with Crippen molar-refractivity contribution in [3.63, 3.8) is 0 Å². The number of hydrogen-bond donors (Lipinski definition) is 0. The average Bonchev–Trinajstić information content (AvgIpc) is 3.13. The zero-order valence-corrected chi connectivity index (χ0v) is 22.6. The Labute approximate surface area is 228 Å². The maximum atomic E-state index is 13.1. The van der Waals surface area contributed by atoms with E-state index >= 15 is 0 Å². The molecule has 1 aliphatic rings. The van der Waals surface area contributed by atoms with E-state index in [0.29, 0.717) is 11.1 Å². The van der Waals surface area contributed by atoms with Crippen LogP contribution in [0.15, 0.2) is 98.8 Å². The van der Waals surface area contributed by atoms with E-state index in [-0.39, 0.29) is 28.3 Å². The standard InChI is InChI=1S/C28H17Br2NO4S/c29-20-10-8-17(9-11-20)16-31-26(32)25(36-28(31)34)15-19-14-21(30)12-13-24(19)35-27(33)23-7-3-5-18-4-1-2-6-22(18)23/h1-15H,16H2/b25-15-. The Morgan fingerprint density at radius 3 is 2.42 bits per heavy atom. The number of halogens is 2. The van der Waals surface area contributed by atoms with Crippen LogP contribution in [0, 0.1) is 0 Å². The number of esters is 1. The minimum Gasteiger partial charge on any atom is -0.422 e. The van der Waals surface area contributed by atoms with Gasteiger partial charge in [0.15, 0.2) is 0 Å². The van der Waals surface area contributed by atoms with Crippen molar-refractivity contribution in [2.45, 2.75) is 6.54 Å². The van der Waals surface area contributed by atoms with Crippen LogP contribution in [0.5, 0.6) is 5.75 Å². The van der Waals surface area contributed by atoms with E-state index in [4.69, 9.17) is 4.74 Å². The smallest absolute Gasteiger partial charge is 0.344 e. The molecule has 5 rings (SSSR count). The number of amides is 2. The van der Waals surface area contributed by atoms with Gasteiger partial charge in [-0.05, 0) is 70.6 Å². The van der Waals surface area contributed by atoms with E-state index in [0.717, 1.165) is 37.0 Å². The van der Waals surface area contributed by atoms with Crippen molar-refractivity contribution in [1.29, 1.82) is 0 Å². The number of carbonyl (C=O) groups is 3. The fraction of sp³-hybridized carbons (Fsp3) is 0.0357. The first-order chi connectivity index (χ1) is 17.4. The van der Waals surface area contributed by atoms with Gasteiger partial charge < -0.3 is 4.74 Å². The molecule has 4 aromatic carbocycles. The Hall–Kier alpha value is -3.20. The van der Waals surface area contributed by atoms with Gasteiger partial charge in [0.05, 0.1) is 17.0 Å². The van der Waals surface area contributed by atoms with E-state index < -0.39 is 5.97 Å². The van der Waals surface area contributed by atoms with Crippen LogP contribution in [-0.4, -0.2) is 22.0 Å². The zero-order chi connectivity index (χ0) is 25.2. The Morgan fingerprint density at radius 2 is 1.61 bits per heavy atom. The molecule has 0 aromatic heterocycles. The minimum absolute atomic E-state index is 0.177. The predicted molar refractivity (Wildman–Crippen MR) is 149 cm³/mol. The van der Waals surface area contributed by atoms with Crippen molar-refractivity contribution < 1.29 is 19.1 Å². The van der Waals surface area contributed by atoms with E-state index in [2.05, 4.69) is 31.9 Å². The van der Waals surface area contributed by atoms with Crippen LogP contribution in [-0.2, 0) is 11.3 Å². The highest BCUT2D eigenvalue weighted by Crippen LogP contribution is 2.36. The Bertz CT molecular complexity index is 1540. The van der Waals surface area contributed by atoms with Gasteiger partial charge in [0.1, 0.15) is 5.75 Å². The molecule has 0 saturated carbocycles. The summed E-state index contributed by atoms with van der Waals surface area (Å²) < 4.78 is 7.43. The fourth-order valence-electron chi connectivity index (χ4n) is 3.83. The second kappa shape index (κ2) is 10.4. The first-order valence-electron chi connectivity index (χ1n) is 10.9. The highest BCUT2D eigenvalue weighted by atomic mass is 79.9. The van der Waals surface area contributed by atoms with Gasteiger partial charge in [-0.3, -0.25) is 14.5 Å². The molecule has 4 aromatic rings. The molecule has 1 aliphatic heterocycles. The molecule has 2 amide bonds. The molecule has 8 heteroatoms. The third-order valence-corrected chi connectivity index (χ3v) is 7.53. The molecule has 36 heavy (non-hydrogen) atoms. The van der Waals surface area contributed by atoms with Crippen LogP contribution < -0.4 is 4.74 Å². The number of hydrogen-bond acceptors (Lipinski definition) is 5. The summed E-state index contributed by atoms with van der Waals surface area (Å²) in [6, 6.07) is 25.6. The molecule has 0 N–H and O–H groups in total. The molecule has 1 saturated heterocycles. The monoisotopic (exact) mass is 621 g/mol. The van der Waals surface area contributed by atoms with Crippen molar-refractivity contribution >= 4 is 77.6 Å². The van der Waals surface area contributed by atoms with Gasteiger partial charge in [0.25, 0.3) is 11.1 Å². The normalized spacial score (nSPS) is 14.6. The summed E-state index contributed by atoms with van der Waals surface area (Å²) in [5.74, 6) is -0.609. The van der Waals surface area contributed by atoms with Gasteiger partial charge in [-0.15, -0.1) is 0 Å². The van der Waals surface area contributed by atoms with Crippen molar-refractivity contribution in [3.8, 4) is 5.75 Å². The predicted octanol–water partition coefficient (Wildman–Crippen LogP) is 7.82. The molecule has 1 heterocycles. The number of rotatable bonds is 5. The van der Waals surface area contributed by atoms with E-state index in [1.54, 1.807) is 30.3 Å². The highest BCUT2D eigenvalue weighted by molar-refractivity contribution is 9.10. The maximum Gasteiger partial charge on any atom is 0.344 e. The summed E-state index contributed by atoms with van der Waals surface area (Å²) in [5, 5.41) is 1.37.